The maximum atomic E-state index is 13.5. The third-order valence-electron chi connectivity index (χ3n) is 4.90. The van der Waals surface area contributed by atoms with E-state index < -0.39 is 53.2 Å². The first-order chi connectivity index (χ1) is 20.8. The molecule has 0 radical (unpaired) electrons. The van der Waals surface area contributed by atoms with Crippen molar-refractivity contribution < 1.29 is 79.3 Å². The average molecular weight is 637 g/mol. The Morgan fingerprint density at radius 2 is 0.674 bits per heavy atom. The Bertz CT molecular complexity index is 896. The van der Waals surface area contributed by atoms with Crippen molar-refractivity contribution in [3.63, 3.8) is 0 Å². The summed E-state index contributed by atoms with van der Waals surface area (Å²) in [5.41, 5.74) is 0. The molecule has 0 saturated carbocycles. The molecule has 0 aliphatic carbocycles. The van der Waals surface area contributed by atoms with Crippen LogP contribution in [0.2, 0.25) is 0 Å². The number of carbonyl (C=O) groups excluding carboxylic acids is 1. The van der Waals surface area contributed by atoms with E-state index in [4.69, 9.17) is 43.0 Å². The van der Waals surface area contributed by atoms with Gasteiger partial charge in [0.15, 0.2) is 0 Å². The molecule has 0 amide bonds. The van der Waals surface area contributed by atoms with Crippen molar-refractivity contribution in [3.05, 3.63) is 29.1 Å². The summed E-state index contributed by atoms with van der Waals surface area (Å²) in [6, 6.07) is 0. The van der Waals surface area contributed by atoms with Gasteiger partial charge in [-0.25, -0.2) is 13.2 Å². The minimum absolute atomic E-state index is 0.0353. The lowest BCUT2D eigenvalue weighted by atomic mass is 10.2. The first-order valence-electron chi connectivity index (χ1n) is 13.3. The number of benzene rings is 1. The van der Waals surface area contributed by atoms with Crippen LogP contribution < -0.4 is 4.74 Å². The summed E-state index contributed by atoms with van der Waals surface area (Å²) in [4.78, 5) is 21.9. The molecule has 1 aromatic rings. The molecule has 248 valence electrons. The van der Waals surface area contributed by atoms with Gasteiger partial charge in [0.25, 0.3) is 0 Å². The number of hydrogen-bond acceptors (Lipinski definition) is 11. The maximum Gasteiger partial charge on any atom is 0.313 e. The van der Waals surface area contributed by atoms with E-state index in [-0.39, 0.29) is 39.5 Å². The summed E-state index contributed by atoms with van der Waals surface area (Å²) in [6.45, 7) is 4.51. The number of hydrogen-bond donors (Lipinski definition) is 1. The molecular formula is C26H37F5O12. The number of rotatable bonds is 28. The normalized spacial score (nSPS) is 11.3. The van der Waals surface area contributed by atoms with Crippen molar-refractivity contribution in [3.8, 4) is 5.75 Å². The van der Waals surface area contributed by atoms with Crippen LogP contribution in [0.5, 0.6) is 5.75 Å². The van der Waals surface area contributed by atoms with Gasteiger partial charge in [-0.1, -0.05) is 0 Å². The van der Waals surface area contributed by atoms with Gasteiger partial charge in [0, 0.05) is 0 Å². The van der Waals surface area contributed by atoms with E-state index in [9.17, 15) is 31.5 Å². The summed E-state index contributed by atoms with van der Waals surface area (Å²) < 4.78 is 113. The van der Waals surface area contributed by atoms with Crippen LogP contribution in [0.4, 0.5) is 22.0 Å². The van der Waals surface area contributed by atoms with Gasteiger partial charge in [0.1, 0.15) is 0 Å². The fourth-order valence-corrected chi connectivity index (χ4v) is 2.80. The fourth-order valence-electron chi connectivity index (χ4n) is 2.80. The molecule has 0 atom stereocenters. The van der Waals surface area contributed by atoms with Crippen LogP contribution in [-0.4, -0.2) is 123 Å². The van der Waals surface area contributed by atoms with E-state index in [0.29, 0.717) is 72.7 Å². The van der Waals surface area contributed by atoms with Gasteiger partial charge in [-0.3, -0.25) is 9.59 Å². The number of ether oxygens (including phenoxy) is 9. The van der Waals surface area contributed by atoms with Gasteiger partial charge in [0.2, 0.25) is 34.8 Å². The lowest BCUT2D eigenvalue weighted by molar-refractivity contribution is -0.138. The van der Waals surface area contributed by atoms with E-state index in [0.717, 1.165) is 0 Å². The zero-order valence-corrected chi connectivity index (χ0v) is 23.6. The number of aliphatic carboxylic acids is 1. The molecule has 0 spiro atoms. The van der Waals surface area contributed by atoms with Crippen molar-refractivity contribution in [2.75, 3.05) is 106 Å². The van der Waals surface area contributed by atoms with Crippen LogP contribution in [-0.2, 0) is 47.5 Å². The van der Waals surface area contributed by atoms with Crippen LogP contribution in [0, 0.1) is 29.1 Å². The Hall–Kier alpha value is -2.51. The van der Waals surface area contributed by atoms with Gasteiger partial charge < -0.3 is 47.7 Å². The highest BCUT2D eigenvalue weighted by Gasteiger charge is 2.28. The van der Waals surface area contributed by atoms with Gasteiger partial charge in [-0.05, 0) is 0 Å². The molecule has 0 heterocycles. The average Bonchev–Trinajstić information content (AvgIpc) is 2.98. The molecule has 43 heavy (non-hydrogen) atoms. The number of esters is 1. The zero-order valence-electron chi connectivity index (χ0n) is 23.6. The molecule has 0 aliphatic heterocycles. The molecule has 0 aromatic heterocycles. The summed E-state index contributed by atoms with van der Waals surface area (Å²) >= 11 is 0. The second-order valence-electron chi connectivity index (χ2n) is 8.17. The Labute approximate surface area is 245 Å². The van der Waals surface area contributed by atoms with Crippen molar-refractivity contribution in [2.24, 2.45) is 0 Å². The highest BCUT2D eigenvalue weighted by Crippen LogP contribution is 2.29. The topological polar surface area (TPSA) is 137 Å². The Kier molecular flexibility index (Phi) is 22.3. The molecule has 0 aliphatic rings. The van der Waals surface area contributed by atoms with Gasteiger partial charge in [-0.15, -0.1) is 0 Å². The van der Waals surface area contributed by atoms with Crippen LogP contribution in [0.15, 0.2) is 0 Å². The molecule has 1 rings (SSSR count). The third kappa shape index (κ3) is 18.7. The van der Waals surface area contributed by atoms with Crippen molar-refractivity contribution in [1.29, 1.82) is 0 Å². The molecule has 17 heteroatoms. The smallest absolute Gasteiger partial charge is 0.313 e. The van der Waals surface area contributed by atoms with Crippen molar-refractivity contribution in [2.45, 2.75) is 12.8 Å². The molecule has 12 nitrogen and oxygen atoms in total. The van der Waals surface area contributed by atoms with Crippen LogP contribution >= 0.6 is 0 Å². The van der Waals surface area contributed by atoms with Crippen LogP contribution in [0.3, 0.4) is 0 Å². The second kappa shape index (κ2) is 24.9. The third-order valence-corrected chi connectivity index (χ3v) is 4.90. The predicted octanol–water partition coefficient (Wildman–Crippen LogP) is 2.29. The number of carbonyl (C=O) groups is 2. The van der Waals surface area contributed by atoms with E-state index in [1.165, 1.54) is 0 Å². The standard InChI is InChI=1S/C26H37F5O12/c27-21-22(28)24(30)26(25(31)23(21)29)43-20(34)2-4-36-6-8-38-10-12-40-14-16-42-18-17-41-15-13-39-11-9-37-7-5-35-3-1-19(32)33/h1-18H2,(H,32,33). The molecule has 1 N–H and O–H groups in total. The molecule has 0 bridgehead atoms. The minimum Gasteiger partial charge on any atom is -0.481 e. The molecule has 0 saturated heterocycles. The molecule has 1 aromatic carbocycles. The number of halogens is 5. The van der Waals surface area contributed by atoms with Crippen LogP contribution in [0.1, 0.15) is 12.8 Å². The summed E-state index contributed by atoms with van der Waals surface area (Å²) in [5, 5.41) is 8.46. The largest absolute Gasteiger partial charge is 0.481 e. The van der Waals surface area contributed by atoms with Gasteiger partial charge in [0.05, 0.1) is 119 Å². The Balaban J connectivity index is 1.81. The lowest BCUT2D eigenvalue weighted by Crippen LogP contribution is -2.16. The summed E-state index contributed by atoms with van der Waals surface area (Å²) in [7, 11) is 0. The summed E-state index contributed by atoms with van der Waals surface area (Å²) in [5.74, 6) is -15.1. The minimum atomic E-state index is -2.35. The van der Waals surface area contributed by atoms with Crippen molar-refractivity contribution >= 4 is 11.9 Å². The fraction of sp³-hybridized carbons (Fsp3) is 0.692. The predicted molar refractivity (Wildman–Crippen MR) is 135 cm³/mol. The van der Waals surface area contributed by atoms with Crippen molar-refractivity contribution in [1.82, 2.24) is 0 Å². The van der Waals surface area contributed by atoms with E-state index in [2.05, 4.69) is 4.74 Å². The maximum absolute atomic E-state index is 13.5. The molecule has 0 fully saturated rings. The van der Waals surface area contributed by atoms with Crippen LogP contribution in [0.25, 0.3) is 0 Å². The number of carboxylic acids is 1. The first kappa shape index (κ1) is 38.5. The quantitative estimate of drug-likeness (QED) is 0.0361. The monoisotopic (exact) mass is 636 g/mol. The van der Waals surface area contributed by atoms with Gasteiger partial charge >= 0.3 is 11.9 Å². The molecular weight excluding hydrogens is 599 g/mol. The molecule has 0 unspecified atom stereocenters. The highest BCUT2D eigenvalue weighted by molar-refractivity contribution is 5.72. The highest BCUT2D eigenvalue weighted by atomic mass is 19.2. The Morgan fingerprint density at radius 1 is 0.419 bits per heavy atom. The number of carboxylic acid groups (broad SMARTS) is 1. The zero-order chi connectivity index (χ0) is 31.7. The second-order valence-corrected chi connectivity index (χ2v) is 8.17. The first-order valence-corrected chi connectivity index (χ1v) is 13.3. The van der Waals surface area contributed by atoms with Gasteiger partial charge in [-0.2, -0.15) is 8.78 Å². The van der Waals surface area contributed by atoms with E-state index >= 15 is 0 Å². The lowest BCUT2D eigenvalue weighted by Gasteiger charge is -2.09. The van der Waals surface area contributed by atoms with E-state index in [1.807, 2.05) is 0 Å². The van der Waals surface area contributed by atoms with E-state index in [1.54, 1.807) is 0 Å². The SMILES string of the molecule is O=C(O)CCOCCOCCOCCOCCOCCOCCOCCOCCC(=O)Oc1c(F)c(F)c(F)c(F)c1F. The summed E-state index contributed by atoms with van der Waals surface area (Å²) in [6.07, 6.45) is -0.527. The Morgan fingerprint density at radius 3 is 0.977 bits per heavy atom.